The van der Waals surface area contributed by atoms with E-state index in [1.54, 1.807) is 20.8 Å². The van der Waals surface area contributed by atoms with Crippen molar-refractivity contribution in [3.05, 3.63) is 34.6 Å². The van der Waals surface area contributed by atoms with E-state index in [4.69, 9.17) is 11.6 Å². The fourth-order valence-corrected chi connectivity index (χ4v) is 3.99. The van der Waals surface area contributed by atoms with Gasteiger partial charge in [0.1, 0.15) is 22.8 Å². The minimum atomic E-state index is -1.50. The Morgan fingerprint density at radius 3 is 2.50 bits per heavy atom. The molecule has 0 heterocycles. The quantitative estimate of drug-likeness (QED) is 0.770. The Labute approximate surface area is 150 Å². The molecule has 0 aliphatic heterocycles. The molecule has 1 aromatic rings. The number of aliphatic hydroxyl groups is 1. The zero-order valence-corrected chi connectivity index (χ0v) is 15.7. The molecular weight excluding hydrogens is 356 g/mol. The van der Waals surface area contributed by atoms with Gasteiger partial charge in [-0.25, -0.2) is 8.78 Å². The third kappa shape index (κ3) is 4.61. The lowest BCUT2D eigenvalue weighted by atomic mass is 9.76. The number of nitrogens with one attached hydrogen (secondary N) is 1. The number of hydrogen-bond donors (Lipinski definition) is 2. The largest absolute Gasteiger partial charge is 0.598 e. The van der Waals surface area contributed by atoms with E-state index in [0.717, 1.165) is 0 Å². The summed E-state index contributed by atoms with van der Waals surface area (Å²) in [7, 11) is 0. The normalized spacial score (nSPS) is 27.8. The van der Waals surface area contributed by atoms with Crippen LogP contribution in [-0.4, -0.2) is 26.2 Å². The zero-order valence-electron chi connectivity index (χ0n) is 14.1. The highest BCUT2D eigenvalue weighted by Crippen LogP contribution is 2.42. The standard InChI is InChI=1S/C17H24ClF2NO2S/c1-16(2,3)24(23)21-15(13-10-12(20)4-5-14(13)18)17(22)8-6-11(19)7-9-17/h4-5,10-11,15,21-22H,6-9H2,1-3H3/t11-,15-,17-,24?/m0/s1. The predicted molar refractivity (Wildman–Crippen MR) is 93.5 cm³/mol. The lowest BCUT2D eigenvalue weighted by Gasteiger charge is -2.41. The molecule has 0 radical (unpaired) electrons. The van der Waals surface area contributed by atoms with Crippen molar-refractivity contribution in [2.45, 2.75) is 69.0 Å². The smallest absolute Gasteiger partial charge is 0.136 e. The third-order valence-electron chi connectivity index (χ3n) is 4.37. The van der Waals surface area contributed by atoms with E-state index in [1.165, 1.54) is 18.2 Å². The van der Waals surface area contributed by atoms with Gasteiger partial charge in [0, 0.05) is 16.4 Å². The summed E-state index contributed by atoms with van der Waals surface area (Å²) in [6.45, 7) is 5.38. The van der Waals surface area contributed by atoms with Crippen molar-refractivity contribution < 1.29 is 18.4 Å². The highest BCUT2D eigenvalue weighted by atomic mass is 35.5. The van der Waals surface area contributed by atoms with Gasteiger partial charge >= 0.3 is 0 Å². The molecule has 1 aromatic carbocycles. The van der Waals surface area contributed by atoms with Crippen LogP contribution in [0.1, 0.15) is 58.1 Å². The van der Waals surface area contributed by atoms with Crippen molar-refractivity contribution in [2.24, 2.45) is 0 Å². The van der Waals surface area contributed by atoms with Crippen LogP contribution in [0, 0.1) is 5.82 Å². The highest BCUT2D eigenvalue weighted by molar-refractivity contribution is 7.90. The number of hydrogen-bond acceptors (Lipinski definition) is 3. The van der Waals surface area contributed by atoms with E-state index in [1.807, 2.05) is 0 Å². The molecule has 1 aliphatic rings. The summed E-state index contributed by atoms with van der Waals surface area (Å²) in [6.07, 6.45) is -0.143. The number of benzene rings is 1. The topological polar surface area (TPSA) is 55.3 Å². The van der Waals surface area contributed by atoms with Gasteiger partial charge in [-0.2, -0.15) is 0 Å². The van der Waals surface area contributed by atoms with Gasteiger partial charge in [-0.05, 0) is 70.2 Å². The average molecular weight is 380 g/mol. The molecule has 0 spiro atoms. The fourth-order valence-electron chi connectivity index (χ4n) is 2.85. The molecule has 24 heavy (non-hydrogen) atoms. The molecular formula is C17H24ClF2NO2S. The summed E-state index contributed by atoms with van der Waals surface area (Å²) in [5, 5.41) is 11.4. The number of alkyl halides is 1. The van der Waals surface area contributed by atoms with Crippen molar-refractivity contribution in [2.75, 3.05) is 0 Å². The lowest BCUT2D eigenvalue weighted by Crippen LogP contribution is -2.51. The Morgan fingerprint density at radius 2 is 1.96 bits per heavy atom. The summed E-state index contributed by atoms with van der Waals surface area (Å²) in [5.41, 5.74) is -0.991. The Hall–Kier alpha value is -0.400. The first-order valence-electron chi connectivity index (χ1n) is 8.02. The monoisotopic (exact) mass is 379 g/mol. The van der Waals surface area contributed by atoms with Gasteiger partial charge < -0.3 is 9.66 Å². The number of halogens is 3. The van der Waals surface area contributed by atoms with Crippen LogP contribution in [-0.2, 0) is 11.4 Å². The van der Waals surface area contributed by atoms with Crippen LogP contribution in [0.25, 0.3) is 0 Å². The van der Waals surface area contributed by atoms with E-state index >= 15 is 0 Å². The van der Waals surface area contributed by atoms with Crippen LogP contribution in [0.2, 0.25) is 5.02 Å². The molecule has 2 atom stereocenters. The maximum absolute atomic E-state index is 13.7. The van der Waals surface area contributed by atoms with Gasteiger partial charge in [0.15, 0.2) is 0 Å². The zero-order chi connectivity index (χ0) is 18.1. The summed E-state index contributed by atoms with van der Waals surface area (Å²) in [6, 6.07) is 3.03. The van der Waals surface area contributed by atoms with Gasteiger partial charge in [0.05, 0.1) is 5.60 Å². The van der Waals surface area contributed by atoms with E-state index in [-0.39, 0.29) is 30.7 Å². The molecule has 7 heteroatoms. The summed E-state index contributed by atoms with van der Waals surface area (Å²) >= 11 is 4.70. The van der Waals surface area contributed by atoms with Crippen molar-refractivity contribution >= 4 is 23.0 Å². The van der Waals surface area contributed by atoms with Crippen molar-refractivity contribution in [3.8, 4) is 0 Å². The maximum atomic E-state index is 13.7. The molecule has 1 saturated carbocycles. The van der Waals surface area contributed by atoms with Gasteiger partial charge in [-0.15, -0.1) is 4.72 Å². The second-order valence-electron chi connectivity index (χ2n) is 7.38. The second-order valence-corrected chi connectivity index (χ2v) is 9.78. The Kier molecular flexibility index (Phi) is 6.19. The first kappa shape index (κ1) is 19.9. The van der Waals surface area contributed by atoms with E-state index in [9.17, 15) is 18.4 Å². The second kappa shape index (κ2) is 7.46. The molecule has 2 N–H and O–H groups in total. The summed E-state index contributed by atoms with van der Waals surface area (Å²) in [4.78, 5) is 0. The predicted octanol–water partition coefficient (Wildman–Crippen LogP) is 4.22. The SMILES string of the molecule is CC(C)(C)[S+]([O-])N[C@@H](c1cc(F)ccc1Cl)[C@]1(O)CC[C@H](F)CC1. The van der Waals surface area contributed by atoms with Crippen molar-refractivity contribution in [1.29, 1.82) is 0 Å². The van der Waals surface area contributed by atoms with Gasteiger partial charge in [0.2, 0.25) is 0 Å². The molecule has 3 nitrogen and oxygen atoms in total. The third-order valence-corrected chi connectivity index (χ3v) is 6.27. The summed E-state index contributed by atoms with van der Waals surface area (Å²) < 4.78 is 42.1. The molecule has 0 saturated heterocycles. The molecule has 136 valence electrons. The highest BCUT2D eigenvalue weighted by Gasteiger charge is 2.45. The molecule has 1 fully saturated rings. The number of rotatable bonds is 4. The van der Waals surface area contributed by atoms with Crippen LogP contribution in [0.5, 0.6) is 0 Å². The molecule has 2 rings (SSSR count). The Morgan fingerprint density at radius 1 is 1.38 bits per heavy atom. The van der Waals surface area contributed by atoms with Crippen molar-refractivity contribution in [3.63, 3.8) is 0 Å². The van der Waals surface area contributed by atoms with Crippen LogP contribution in [0.4, 0.5) is 8.78 Å². The first-order valence-corrected chi connectivity index (χ1v) is 9.55. The minimum absolute atomic E-state index is 0.194. The lowest BCUT2D eigenvalue weighted by molar-refractivity contribution is -0.0408. The Balaban J connectivity index is 2.39. The van der Waals surface area contributed by atoms with E-state index in [0.29, 0.717) is 5.56 Å². The molecule has 0 bridgehead atoms. The first-order chi connectivity index (χ1) is 11.0. The van der Waals surface area contributed by atoms with Crippen molar-refractivity contribution in [1.82, 2.24) is 4.72 Å². The van der Waals surface area contributed by atoms with Crippen LogP contribution in [0.15, 0.2) is 18.2 Å². The van der Waals surface area contributed by atoms with E-state index < -0.39 is 39.7 Å². The van der Waals surface area contributed by atoms with Crippen LogP contribution < -0.4 is 4.72 Å². The minimum Gasteiger partial charge on any atom is -0.598 e. The molecule has 0 amide bonds. The van der Waals surface area contributed by atoms with Gasteiger partial charge in [-0.3, -0.25) is 0 Å². The van der Waals surface area contributed by atoms with Gasteiger partial charge in [-0.1, -0.05) is 11.6 Å². The molecule has 0 aromatic heterocycles. The van der Waals surface area contributed by atoms with E-state index in [2.05, 4.69) is 4.72 Å². The average Bonchev–Trinajstić information content (AvgIpc) is 2.49. The summed E-state index contributed by atoms with van der Waals surface area (Å²) in [5.74, 6) is -0.495. The Bertz CT molecular complexity index is 574. The van der Waals surface area contributed by atoms with Crippen LogP contribution >= 0.6 is 11.6 Å². The molecule has 1 aliphatic carbocycles. The maximum Gasteiger partial charge on any atom is 0.136 e. The molecule has 1 unspecified atom stereocenters. The van der Waals surface area contributed by atoms with Crippen LogP contribution in [0.3, 0.4) is 0 Å². The fraction of sp³-hybridized carbons (Fsp3) is 0.647. The van der Waals surface area contributed by atoms with Gasteiger partial charge in [0.25, 0.3) is 0 Å².